The van der Waals surface area contributed by atoms with Crippen molar-refractivity contribution < 1.29 is 9.13 Å². The topological polar surface area (TPSA) is 9.23 Å². The first-order valence-electron chi connectivity index (χ1n) is 4.98. The van der Waals surface area contributed by atoms with E-state index in [-0.39, 0.29) is 11.7 Å². The molecule has 0 spiro atoms. The number of halogens is 1. The molecule has 0 aliphatic heterocycles. The summed E-state index contributed by atoms with van der Waals surface area (Å²) in [4.78, 5) is 0. The van der Waals surface area contributed by atoms with Crippen LogP contribution in [0.25, 0.3) is 0 Å². The molecule has 2 heteroatoms. The lowest BCUT2D eigenvalue weighted by Gasteiger charge is -2.10. The Hall–Kier alpha value is -1.05. The van der Waals surface area contributed by atoms with E-state index in [1.165, 1.54) is 12.1 Å². The van der Waals surface area contributed by atoms with Gasteiger partial charge in [-0.15, -0.1) is 0 Å². The molecule has 0 amide bonds. The van der Waals surface area contributed by atoms with Crippen LogP contribution in [0.15, 0.2) is 18.2 Å². The molecule has 0 heterocycles. The number of ether oxygens (including phenoxy) is 1. The Labute approximate surface area is 85.9 Å². The first-order chi connectivity index (χ1) is 6.65. The summed E-state index contributed by atoms with van der Waals surface area (Å²) in [5.74, 6) is 0.835. The van der Waals surface area contributed by atoms with Crippen molar-refractivity contribution in [3.63, 3.8) is 0 Å². The van der Waals surface area contributed by atoms with Gasteiger partial charge in [0.1, 0.15) is 11.6 Å². The molecule has 0 radical (unpaired) electrons. The summed E-state index contributed by atoms with van der Waals surface area (Å²) in [6.45, 7) is 8.02. The van der Waals surface area contributed by atoms with Gasteiger partial charge in [0.2, 0.25) is 0 Å². The smallest absolute Gasteiger partial charge is 0.123 e. The van der Waals surface area contributed by atoms with Crippen molar-refractivity contribution in [3.8, 4) is 5.75 Å². The van der Waals surface area contributed by atoms with E-state index in [2.05, 4.69) is 0 Å². The van der Waals surface area contributed by atoms with E-state index in [9.17, 15) is 4.39 Å². The Morgan fingerprint density at radius 2 is 1.79 bits per heavy atom. The van der Waals surface area contributed by atoms with Crippen molar-refractivity contribution in [2.45, 2.75) is 33.6 Å². The highest BCUT2D eigenvalue weighted by atomic mass is 19.1. The second-order valence-corrected chi connectivity index (χ2v) is 3.04. The molecule has 0 aliphatic rings. The molecular formula is C12H19FO. The number of methoxy groups -OCH3 is 1. The van der Waals surface area contributed by atoms with Crippen LogP contribution in [0, 0.1) is 5.82 Å². The highest BCUT2D eigenvalue weighted by molar-refractivity contribution is 5.36. The van der Waals surface area contributed by atoms with Gasteiger partial charge >= 0.3 is 0 Å². The van der Waals surface area contributed by atoms with Gasteiger partial charge in [0.25, 0.3) is 0 Å². The molecular weight excluding hydrogens is 179 g/mol. The van der Waals surface area contributed by atoms with E-state index >= 15 is 0 Å². The van der Waals surface area contributed by atoms with Crippen LogP contribution in [0.1, 0.15) is 39.2 Å². The molecule has 80 valence electrons. The van der Waals surface area contributed by atoms with Crippen molar-refractivity contribution in [2.24, 2.45) is 0 Å². The lowest BCUT2D eigenvalue weighted by atomic mass is 10.0. The van der Waals surface area contributed by atoms with Crippen molar-refractivity contribution in [3.05, 3.63) is 29.6 Å². The third-order valence-electron chi connectivity index (χ3n) is 1.81. The molecule has 14 heavy (non-hydrogen) atoms. The number of hydrogen-bond donors (Lipinski definition) is 0. The lowest BCUT2D eigenvalue weighted by molar-refractivity contribution is 0.406. The van der Waals surface area contributed by atoms with Crippen molar-refractivity contribution in [1.29, 1.82) is 0 Å². The third kappa shape index (κ3) is 3.36. The zero-order valence-electron chi connectivity index (χ0n) is 9.60. The molecule has 0 saturated heterocycles. The summed E-state index contributed by atoms with van der Waals surface area (Å²) < 4.78 is 17.9. The van der Waals surface area contributed by atoms with Gasteiger partial charge in [-0.1, -0.05) is 27.7 Å². The minimum Gasteiger partial charge on any atom is -0.496 e. The van der Waals surface area contributed by atoms with Gasteiger partial charge in [-0.05, 0) is 29.7 Å². The van der Waals surface area contributed by atoms with Gasteiger partial charge in [-0.2, -0.15) is 0 Å². The highest BCUT2D eigenvalue weighted by Gasteiger charge is 2.07. The summed E-state index contributed by atoms with van der Waals surface area (Å²) >= 11 is 0. The summed E-state index contributed by atoms with van der Waals surface area (Å²) in [7, 11) is 1.60. The van der Waals surface area contributed by atoms with Gasteiger partial charge in [0, 0.05) is 0 Å². The minimum absolute atomic E-state index is 0.209. The van der Waals surface area contributed by atoms with Gasteiger partial charge in [-0.3, -0.25) is 0 Å². The van der Waals surface area contributed by atoms with Crippen molar-refractivity contribution in [1.82, 2.24) is 0 Å². The van der Waals surface area contributed by atoms with Crippen LogP contribution in [0.3, 0.4) is 0 Å². The number of rotatable bonds is 2. The third-order valence-corrected chi connectivity index (χ3v) is 1.81. The van der Waals surface area contributed by atoms with Crippen LogP contribution >= 0.6 is 0 Å². The van der Waals surface area contributed by atoms with Gasteiger partial charge in [0.15, 0.2) is 0 Å². The normalized spacial score (nSPS) is 9.36. The Kier molecular flexibility index (Phi) is 5.93. The number of benzene rings is 1. The maximum absolute atomic E-state index is 12.8. The van der Waals surface area contributed by atoms with E-state index in [0.29, 0.717) is 0 Å². The molecule has 0 fully saturated rings. The fourth-order valence-corrected chi connectivity index (χ4v) is 1.16. The van der Waals surface area contributed by atoms with Crippen molar-refractivity contribution >= 4 is 0 Å². The molecule has 0 unspecified atom stereocenters. The highest BCUT2D eigenvalue weighted by Crippen LogP contribution is 2.26. The second kappa shape index (κ2) is 6.41. The van der Waals surface area contributed by atoms with Gasteiger partial charge in [0.05, 0.1) is 7.11 Å². The first-order valence-corrected chi connectivity index (χ1v) is 4.98. The lowest BCUT2D eigenvalue weighted by Crippen LogP contribution is -1.94. The standard InChI is InChI=1S/C10H13FO.C2H6/c1-7(2)9-6-8(11)4-5-10(9)12-3;1-2/h4-7H,1-3H3;1-2H3. The summed E-state index contributed by atoms with van der Waals surface area (Å²) in [6.07, 6.45) is 0. The van der Waals surface area contributed by atoms with E-state index in [1.54, 1.807) is 13.2 Å². The van der Waals surface area contributed by atoms with E-state index < -0.39 is 0 Å². The largest absolute Gasteiger partial charge is 0.496 e. The Morgan fingerprint density at radius 3 is 2.21 bits per heavy atom. The fourth-order valence-electron chi connectivity index (χ4n) is 1.16. The zero-order chi connectivity index (χ0) is 11.1. The van der Waals surface area contributed by atoms with Crippen LogP contribution in [0.2, 0.25) is 0 Å². The molecule has 1 aromatic carbocycles. The second-order valence-electron chi connectivity index (χ2n) is 3.04. The quantitative estimate of drug-likeness (QED) is 0.698. The average molecular weight is 198 g/mol. The molecule has 1 rings (SSSR count). The molecule has 0 aromatic heterocycles. The van der Waals surface area contributed by atoms with Crippen LogP contribution in [0.5, 0.6) is 5.75 Å². The maximum Gasteiger partial charge on any atom is 0.123 e. The minimum atomic E-state index is -0.209. The molecule has 0 atom stereocenters. The molecule has 1 aromatic rings. The fraction of sp³-hybridized carbons (Fsp3) is 0.500. The molecule has 0 aliphatic carbocycles. The van der Waals surface area contributed by atoms with E-state index in [4.69, 9.17) is 4.74 Å². The maximum atomic E-state index is 12.8. The predicted octanol–water partition coefficient (Wildman–Crippen LogP) is 3.98. The molecule has 0 bridgehead atoms. The number of hydrogen-bond acceptors (Lipinski definition) is 1. The molecule has 1 nitrogen and oxygen atoms in total. The zero-order valence-corrected chi connectivity index (χ0v) is 9.60. The van der Waals surface area contributed by atoms with Gasteiger partial charge in [-0.25, -0.2) is 4.39 Å². The Bertz CT molecular complexity index is 269. The Morgan fingerprint density at radius 1 is 1.21 bits per heavy atom. The summed E-state index contributed by atoms with van der Waals surface area (Å²) in [6, 6.07) is 4.58. The predicted molar refractivity (Wildman–Crippen MR) is 58.4 cm³/mol. The van der Waals surface area contributed by atoms with Gasteiger partial charge < -0.3 is 4.74 Å². The van der Waals surface area contributed by atoms with Crippen molar-refractivity contribution in [2.75, 3.05) is 7.11 Å². The van der Waals surface area contributed by atoms with Crippen LogP contribution < -0.4 is 4.74 Å². The Balaban J connectivity index is 0.000000791. The SMILES string of the molecule is CC.COc1ccc(F)cc1C(C)C. The van der Waals surface area contributed by atoms with E-state index in [0.717, 1.165) is 11.3 Å². The molecule has 0 N–H and O–H groups in total. The van der Waals surface area contributed by atoms with E-state index in [1.807, 2.05) is 27.7 Å². The monoisotopic (exact) mass is 198 g/mol. The summed E-state index contributed by atoms with van der Waals surface area (Å²) in [5, 5.41) is 0. The average Bonchev–Trinajstić information content (AvgIpc) is 2.20. The molecule has 0 saturated carbocycles. The van der Waals surface area contributed by atoms with Crippen LogP contribution in [-0.4, -0.2) is 7.11 Å². The summed E-state index contributed by atoms with van der Waals surface area (Å²) in [5.41, 5.74) is 0.914. The first kappa shape index (κ1) is 12.9. The van der Waals surface area contributed by atoms with Crippen LogP contribution in [-0.2, 0) is 0 Å². The van der Waals surface area contributed by atoms with Crippen LogP contribution in [0.4, 0.5) is 4.39 Å².